The number of phenols is 1. The molecule has 56 valence electrons. The Morgan fingerprint density at radius 1 is 1.36 bits per heavy atom. The Kier molecular flexibility index (Phi) is 1.73. The van der Waals surface area contributed by atoms with Gasteiger partial charge in [0.25, 0.3) is 0 Å². The van der Waals surface area contributed by atoms with Gasteiger partial charge >= 0.3 is 0 Å². The molecule has 1 N–H and O–H groups in total. The van der Waals surface area contributed by atoms with Crippen LogP contribution in [-0.4, -0.2) is 5.11 Å². The van der Waals surface area contributed by atoms with Gasteiger partial charge in [0.2, 0.25) is 5.82 Å². The molecule has 0 radical (unpaired) electrons. The van der Waals surface area contributed by atoms with Crippen LogP contribution >= 0.6 is 0 Å². The number of nitrogens with zero attached hydrogens (tertiary/aromatic N) is 1. The predicted molar refractivity (Wildman–Crippen MR) is 32.7 cm³/mol. The molecule has 0 atom stereocenters. The Bertz CT molecular complexity index is 330. The topological polar surface area (TPSA) is 44.0 Å². The molecule has 1 aromatic rings. The summed E-state index contributed by atoms with van der Waals surface area (Å²) < 4.78 is 24.7. The van der Waals surface area contributed by atoms with E-state index < -0.39 is 17.4 Å². The van der Waals surface area contributed by atoms with Gasteiger partial charge in [0, 0.05) is 0 Å². The smallest absolute Gasteiger partial charge is 0.201 e. The summed E-state index contributed by atoms with van der Waals surface area (Å²) in [5, 5.41) is 17.0. The Morgan fingerprint density at radius 3 is 2.55 bits per heavy atom. The molecule has 0 aliphatic carbocycles. The average molecular weight is 155 g/mol. The van der Waals surface area contributed by atoms with Crippen molar-refractivity contribution < 1.29 is 13.9 Å². The predicted octanol–water partition coefficient (Wildman–Crippen LogP) is 1.54. The van der Waals surface area contributed by atoms with Crippen LogP contribution in [0.2, 0.25) is 0 Å². The summed E-state index contributed by atoms with van der Waals surface area (Å²) in [6.07, 6.45) is 0. The van der Waals surface area contributed by atoms with E-state index in [1.165, 1.54) is 6.07 Å². The highest BCUT2D eigenvalue weighted by Crippen LogP contribution is 2.22. The summed E-state index contributed by atoms with van der Waals surface area (Å²) in [7, 11) is 0. The minimum atomic E-state index is -1.39. The summed E-state index contributed by atoms with van der Waals surface area (Å²) in [6, 6.07) is 3.30. The lowest BCUT2D eigenvalue weighted by Crippen LogP contribution is -1.86. The van der Waals surface area contributed by atoms with Gasteiger partial charge in [-0.2, -0.15) is 9.65 Å². The van der Waals surface area contributed by atoms with Crippen LogP contribution in [0.5, 0.6) is 5.75 Å². The fraction of sp³-hybridized carbons (Fsp3) is 0. The number of rotatable bonds is 0. The van der Waals surface area contributed by atoms with Crippen LogP contribution in [0.25, 0.3) is 0 Å². The molecule has 0 fully saturated rings. The highest BCUT2D eigenvalue weighted by Gasteiger charge is 2.10. The largest absolute Gasteiger partial charge is 0.504 e. The molecular formula is C7H3F2NO. The zero-order valence-corrected chi connectivity index (χ0v) is 5.31. The van der Waals surface area contributed by atoms with Crippen LogP contribution in [0, 0.1) is 23.0 Å². The maximum absolute atomic E-state index is 12.4. The van der Waals surface area contributed by atoms with Gasteiger partial charge in [0.05, 0.1) is 5.56 Å². The van der Waals surface area contributed by atoms with E-state index >= 15 is 0 Å². The monoisotopic (exact) mass is 155 g/mol. The summed E-state index contributed by atoms with van der Waals surface area (Å²) in [6.45, 7) is 0. The van der Waals surface area contributed by atoms with Crippen molar-refractivity contribution in [2.24, 2.45) is 0 Å². The van der Waals surface area contributed by atoms with Gasteiger partial charge < -0.3 is 5.11 Å². The molecule has 0 spiro atoms. The molecule has 0 aliphatic rings. The molecule has 2 nitrogen and oxygen atoms in total. The quantitative estimate of drug-likeness (QED) is 0.617. The van der Waals surface area contributed by atoms with E-state index in [-0.39, 0.29) is 5.56 Å². The molecule has 1 aromatic carbocycles. The number of nitriles is 1. The lowest BCUT2D eigenvalue weighted by molar-refractivity contribution is 0.405. The summed E-state index contributed by atoms with van der Waals surface area (Å²) >= 11 is 0. The number of halogens is 2. The molecule has 0 saturated heterocycles. The van der Waals surface area contributed by atoms with E-state index in [1.807, 2.05) is 0 Å². The van der Waals surface area contributed by atoms with Crippen LogP contribution in [-0.2, 0) is 0 Å². The second-order valence-electron chi connectivity index (χ2n) is 1.87. The van der Waals surface area contributed by atoms with Gasteiger partial charge in [-0.05, 0) is 12.1 Å². The zero-order chi connectivity index (χ0) is 8.43. The molecule has 0 aliphatic heterocycles. The first kappa shape index (κ1) is 7.48. The molecular weight excluding hydrogens is 152 g/mol. The van der Waals surface area contributed by atoms with E-state index in [4.69, 9.17) is 10.4 Å². The Morgan fingerprint density at radius 2 is 2.00 bits per heavy atom. The van der Waals surface area contributed by atoms with E-state index in [0.717, 1.165) is 12.1 Å². The van der Waals surface area contributed by atoms with E-state index in [9.17, 15) is 8.78 Å². The number of hydrogen-bond donors (Lipinski definition) is 1. The van der Waals surface area contributed by atoms with E-state index in [1.54, 1.807) is 0 Å². The zero-order valence-electron chi connectivity index (χ0n) is 5.31. The third-order valence-corrected chi connectivity index (χ3v) is 1.19. The molecule has 0 bridgehead atoms. The van der Waals surface area contributed by atoms with Crippen molar-refractivity contribution in [1.29, 1.82) is 5.26 Å². The molecule has 0 aromatic heterocycles. The summed E-state index contributed by atoms with van der Waals surface area (Å²) in [4.78, 5) is 0. The second kappa shape index (κ2) is 2.54. The van der Waals surface area contributed by atoms with Gasteiger partial charge in [0.15, 0.2) is 11.6 Å². The Labute approximate surface area is 61.3 Å². The molecule has 0 amide bonds. The lowest BCUT2D eigenvalue weighted by atomic mass is 10.2. The van der Waals surface area contributed by atoms with Crippen molar-refractivity contribution in [3.63, 3.8) is 0 Å². The van der Waals surface area contributed by atoms with Crippen molar-refractivity contribution in [2.75, 3.05) is 0 Å². The van der Waals surface area contributed by atoms with Gasteiger partial charge in [-0.1, -0.05) is 0 Å². The number of hydrogen-bond acceptors (Lipinski definition) is 2. The standard InChI is InChI=1S/C7H3F2NO/c8-5-2-1-4(3-10)7(11)6(5)9/h1-2,11H. The maximum atomic E-state index is 12.4. The molecule has 0 heterocycles. The highest BCUT2D eigenvalue weighted by molar-refractivity contribution is 5.42. The minimum Gasteiger partial charge on any atom is -0.504 e. The van der Waals surface area contributed by atoms with Crippen LogP contribution in [0.15, 0.2) is 12.1 Å². The van der Waals surface area contributed by atoms with Crippen molar-refractivity contribution in [3.05, 3.63) is 29.3 Å². The number of benzene rings is 1. The SMILES string of the molecule is N#Cc1ccc(F)c(F)c1O. The van der Waals surface area contributed by atoms with Gasteiger partial charge in [-0.25, -0.2) is 4.39 Å². The lowest BCUT2D eigenvalue weighted by Gasteiger charge is -1.96. The van der Waals surface area contributed by atoms with Gasteiger partial charge in [-0.15, -0.1) is 0 Å². The first-order chi connectivity index (χ1) is 5.16. The second-order valence-corrected chi connectivity index (χ2v) is 1.87. The molecule has 0 unspecified atom stereocenters. The number of phenolic OH excluding ortho intramolecular Hbond substituents is 1. The van der Waals surface area contributed by atoms with Crippen LogP contribution < -0.4 is 0 Å². The highest BCUT2D eigenvalue weighted by atomic mass is 19.2. The van der Waals surface area contributed by atoms with E-state index in [2.05, 4.69) is 0 Å². The maximum Gasteiger partial charge on any atom is 0.201 e. The van der Waals surface area contributed by atoms with Crippen molar-refractivity contribution in [1.82, 2.24) is 0 Å². The van der Waals surface area contributed by atoms with Gasteiger partial charge in [-0.3, -0.25) is 0 Å². The molecule has 1 rings (SSSR count). The molecule has 0 saturated carbocycles. The van der Waals surface area contributed by atoms with Crippen LogP contribution in [0.4, 0.5) is 8.78 Å². The first-order valence-electron chi connectivity index (χ1n) is 2.74. The molecule has 4 heteroatoms. The van der Waals surface area contributed by atoms with Crippen molar-refractivity contribution in [2.45, 2.75) is 0 Å². The van der Waals surface area contributed by atoms with Gasteiger partial charge in [0.1, 0.15) is 6.07 Å². The fourth-order valence-electron chi connectivity index (χ4n) is 0.630. The minimum absolute atomic E-state index is 0.274. The van der Waals surface area contributed by atoms with Crippen LogP contribution in [0.3, 0.4) is 0 Å². The normalized spacial score (nSPS) is 9.18. The summed E-state index contributed by atoms with van der Waals surface area (Å²) in [5.74, 6) is -3.49. The fourth-order valence-corrected chi connectivity index (χ4v) is 0.630. The third kappa shape index (κ3) is 1.13. The van der Waals surface area contributed by atoms with Crippen molar-refractivity contribution >= 4 is 0 Å². The summed E-state index contributed by atoms with van der Waals surface area (Å²) in [5.41, 5.74) is -0.274. The third-order valence-electron chi connectivity index (χ3n) is 1.19. The van der Waals surface area contributed by atoms with E-state index in [0.29, 0.717) is 0 Å². The number of aromatic hydroxyl groups is 1. The van der Waals surface area contributed by atoms with Crippen LogP contribution in [0.1, 0.15) is 5.56 Å². The van der Waals surface area contributed by atoms with Crippen molar-refractivity contribution in [3.8, 4) is 11.8 Å². The molecule has 11 heavy (non-hydrogen) atoms. The Balaban J connectivity index is 3.40. The Hall–Kier alpha value is -1.63. The first-order valence-corrected chi connectivity index (χ1v) is 2.74. The average Bonchev–Trinajstić information content (AvgIpc) is 2.01.